The van der Waals surface area contributed by atoms with E-state index in [0.29, 0.717) is 17.5 Å². The van der Waals surface area contributed by atoms with Crippen molar-refractivity contribution in [2.75, 3.05) is 32.8 Å². The molecule has 0 aromatic heterocycles. The van der Waals surface area contributed by atoms with Crippen LogP contribution in [0, 0.1) is 5.41 Å². The summed E-state index contributed by atoms with van der Waals surface area (Å²) in [5.41, 5.74) is 0.305. The molecule has 2 atom stereocenters. The normalized spacial score (nSPS) is 24.7. The number of nitrogens with zero attached hydrogens (tertiary/aromatic N) is 1. The SMILES string of the molecule is CCCCN(CC1(CNC(C)C)CCCOC1)C(C)CC. The lowest BCUT2D eigenvalue weighted by Crippen LogP contribution is -2.52. The molecule has 3 nitrogen and oxygen atoms in total. The molecule has 1 saturated heterocycles. The van der Waals surface area contributed by atoms with Crippen LogP contribution in [0.2, 0.25) is 0 Å². The van der Waals surface area contributed by atoms with Crippen molar-refractivity contribution in [1.29, 1.82) is 0 Å². The second-order valence-electron chi connectivity index (χ2n) is 7.27. The Balaban J connectivity index is 2.70. The monoisotopic (exact) mass is 298 g/mol. The number of hydrogen-bond acceptors (Lipinski definition) is 3. The zero-order valence-corrected chi connectivity index (χ0v) is 15.1. The van der Waals surface area contributed by atoms with Crippen molar-refractivity contribution >= 4 is 0 Å². The molecule has 21 heavy (non-hydrogen) atoms. The molecule has 2 unspecified atom stereocenters. The maximum absolute atomic E-state index is 5.87. The summed E-state index contributed by atoms with van der Waals surface area (Å²) in [6, 6.07) is 1.23. The quantitative estimate of drug-likeness (QED) is 0.666. The fourth-order valence-electron chi connectivity index (χ4n) is 3.16. The van der Waals surface area contributed by atoms with Gasteiger partial charge < -0.3 is 10.1 Å². The van der Waals surface area contributed by atoms with Crippen LogP contribution < -0.4 is 5.32 Å². The van der Waals surface area contributed by atoms with Crippen LogP contribution in [0.25, 0.3) is 0 Å². The topological polar surface area (TPSA) is 24.5 Å². The highest BCUT2D eigenvalue weighted by Crippen LogP contribution is 2.30. The van der Waals surface area contributed by atoms with Crippen molar-refractivity contribution in [2.24, 2.45) is 5.41 Å². The molecule has 126 valence electrons. The molecule has 0 spiro atoms. The van der Waals surface area contributed by atoms with Gasteiger partial charge >= 0.3 is 0 Å². The van der Waals surface area contributed by atoms with Gasteiger partial charge in [0.2, 0.25) is 0 Å². The molecule has 3 heteroatoms. The van der Waals surface area contributed by atoms with E-state index < -0.39 is 0 Å². The maximum atomic E-state index is 5.87. The number of rotatable bonds is 10. The smallest absolute Gasteiger partial charge is 0.0546 e. The van der Waals surface area contributed by atoms with Gasteiger partial charge in [-0.3, -0.25) is 4.90 Å². The van der Waals surface area contributed by atoms with Gasteiger partial charge in [-0.25, -0.2) is 0 Å². The molecule has 1 heterocycles. The third kappa shape index (κ3) is 6.66. The van der Waals surface area contributed by atoms with Gasteiger partial charge in [0.05, 0.1) is 6.61 Å². The van der Waals surface area contributed by atoms with Crippen LogP contribution in [0.3, 0.4) is 0 Å². The molecule has 0 aromatic rings. The highest BCUT2D eigenvalue weighted by Gasteiger charge is 2.35. The Hall–Kier alpha value is -0.120. The van der Waals surface area contributed by atoms with Crippen LogP contribution in [0.1, 0.15) is 66.7 Å². The van der Waals surface area contributed by atoms with Crippen LogP contribution in [0.15, 0.2) is 0 Å². The maximum Gasteiger partial charge on any atom is 0.0546 e. The van der Waals surface area contributed by atoms with E-state index in [0.717, 1.165) is 19.8 Å². The summed E-state index contributed by atoms with van der Waals surface area (Å²) in [4.78, 5) is 2.71. The van der Waals surface area contributed by atoms with E-state index in [-0.39, 0.29) is 0 Å². The first-order valence-corrected chi connectivity index (χ1v) is 9.08. The second-order valence-corrected chi connectivity index (χ2v) is 7.27. The third-order valence-corrected chi connectivity index (χ3v) is 4.84. The number of nitrogens with one attached hydrogen (secondary N) is 1. The summed E-state index contributed by atoms with van der Waals surface area (Å²) in [7, 11) is 0. The van der Waals surface area contributed by atoms with Gasteiger partial charge in [-0.2, -0.15) is 0 Å². The van der Waals surface area contributed by atoms with E-state index in [4.69, 9.17) is 4.74 Å². The Labute approximate surface area is 132 Å². The van der Waals surface area contributed by atoms with Crippen LogP contribution >= 0.6 is 0 Å². The van der Waals surface area contributed by atoms with Gasteiger partial charge in [0, 0.05) is 37.2 Å². The fourth-order valence-corrected chi connectivity index (χ4v) is 3.16. The Kier molecular flexibility index (Phi) is 8.84. The Bertz CT molecular complexity index is 262. The lowest BCUT2D eigenvalue weighted by atomic mass is 9.81. The average Bonchev–Trinajstić information content (AvgIpc) is 2.49. The third-order valence-electron chi connectivity index (χ3n) is 4.84. The zero-order chi connectivity index (χ0) is 15.7. The minimum atomic E-state index is 0.305. The van der Waals surface area contributed by atoms with Gasteiger partial charge in [-0.1, -0.05) is 34.1 Å². The summed E-state index contributed by atoms with van der Waals surface area (Å²) < 4.78 is 5.87. The van der Waals surface area contributed by atoms with Crippen LogP contribution in [0.5, 0.6) is 0 Å². The molecular weight excluding hydrogens is 260 g/mol. The molecule has 0 amide bonds. The van der Waals surface area contributed by atoms with Crippen molar-refractivity contribution < 1.29 is 4.74 Å². The lowest BCUT2D eigenvalue weighted by molar-refractivity contribution is -0.0331. The molecule has 1 aliphatic heterocycles. The minimum absolute atomic E-state index is 0.305. The van der Waals surface area contributed by atoms with Crippen LogP contribution in [0.4, 0.5) is 0 Å². The standard InChI is InChI=1S/C18H38N2O/c1-6-8-11-20(17(5)7-2)14-18(13-19-16(3)4)10-9-12-21-15-18/h16-17,19H,6-15H2,1-5H3. The van der Waals surface area contributed by atoms with Crippen LogP contribution in [-0.2, 0) is 4.74 Å². The first-order valence-electron chi connectivity index (χ1n) is 9.08. The van der Waals surface area contributed by atoms with Crippen molar-refractivity contribution in [2.45, 2.75) is 78.8 Å². The molecule has 1 aliphatic rings. The van der Waals surface area contributed by atoms with Gasteiger partial charge in [-0.15, -0.1) is 0 Å². The zero-order valence-electron chi connectivity index (χ0n) is 15.1. The van der Waals surface area contributed by atoms with Gasteiger partial charge in [0.25, 0.3) is 0 Å². The molecule has 0 aromatic carbocycles. The first-order chi connectivity index (χ1) is 10.0. The molecule has 0 radical (unpaired) electrons. The summed E-state index contributed by atoms with van der Waals surface area (Å²) in [5.74, 6) is 0. The molecule has 0 aliphatic carbocycles. The first kappa shape index (κ1) is 18.9. The molecule has 0 bridgehead atoms. The number of unbranched alkanes of at least 4 members (excludes halogenated alkanes) is 1. The van der Waals surface area contributed by atoms with Gasteiger partial charge in [-0.05, 0) is 39.2 Å². The van der Waals surface area contributed by atoms with Gasteiger partial charge in [0.15, 0.2) is 0 Å². The lowest BCUT2D eigenvalue weighted by Gasteiger charge is -2.43. The van der Waals surface area contributed by atoms with Crippen molar-refractivity contribution in [3.05, 3.63) is 0 Å². The Morgan fingerprint density at radius 3 is 2.52 bits per heavy atom. The highest BCUT2D eigenvalue weighted by atomic mass is 16.5. The van der Waals surface area contributed by atoms with Gasteiger partial charge in [0.1, 0.15) is 0 Å². The predicted octanol–water partition coefficient (Wildman–Crippen LogP) is 3.68. The van der Waals surface area contributed by atoms with E-state index in [1.807, 2.05) is 0 Å². The molecule has 0 saturated carbocycles. The fraction of sp³-hybridized carbons (Fsp3) is 1.00. The highest BCUT2D eigenvalue weighted by molar-refractivity contribution is 4.89. The average molecular weight is 299 g/mol. The van der Waals surface area contributed by atoms with Crippen molar-refractivity contribution in [1.82, 2.24) is 10.2 Å². The molecular formula is C18H38N2O. The summed E-state index contributed by atoms with van der Waals surface area (Å²) in [6.45, 7) is 16.8. The van der Waals surface area contributed by atoms with E-state index >= 15 is 0 Å². The summed E-state index contributed by atoms with van der Waals surface area (Å²) in [6.07, 6.45) is 6.32. The minimum Gasteiger partial charge on any atom is -0.381 e. The largest absolute Gasteiger partial charge is 0.381 e. The summed E-state index contributed by atoms with van der Waals surface area (Å²) >= 11 is 0. The van der Waals surface area contributed by atoms with E-state index in [1.54, 1.807) is 0 Å². The van der Waals surface area contributed by atoms with Crippen molar-refractivity contribution in [3.8, 4) is 0 Å². The van der Waals surface area contributed by atoms with Crippen LogP contribution in [-0.4, -0.2) is 49.8 Å². The summed E-state index contributed by atoms with van der Waals surface area (Å²) in [5, 5.41) is 3.67. The molecule has 1 N–H and O–H groups in total. The van der Waals surface area contributed by atoms with E-state index in [2.05, 4.69) is 44.8 Å². The number of hydrogen-bond donors (Lipinski definition) is 1. The Morgan fingerprint density at radius 1 is 1.24 bits per heavy atom. The van der Waals surface area contributed by atoms with Crippen molar-refractivity contribution in [3.63, 3.8) is 0 Å². The Morgan fingerprint density at radius 2 is 2.00 bits per heavy atom. The van der Waals surface area contributed by atoms with E-state index in [9.17, 15) is 0 Å². The molecule has 1 fully saturated rings. The van der Waals surface area contributed by atoms with E-state index in [1.165, 1.54) is 45.2 Å². The number of ether oxygens (including phenoxy) is 1. The molecule has 1 rings (SSSR count). The second kappa shape index (κ2) is 9.81. The predicted molar refractivity (Wildman–Crippen MR) is 91.9 cm³/mol.